The summed E-state index contributed by atoms with van der Waals surface area (Å²) in [4.78, 5) is 0. The van der Waals surface area contributed by atoms with Crippen molar-refractivity contribution in [1.29, 1.82) is 0 Å². The van der Waals surface area contributed by atoms with E-state index in [1.54, 1.807) is 30.3 Å². The Balaban J connectivity index is 0.000001000. The van der Waals surface area contributed by atoms with Gasteiger partial charge in [-0.2, -0.15) is 0 Å². The summed E-state index contributed by atoms with van der Waals surface area (Å²) in [6.07, 6.45) is 0. The van der Waals surface area contributed by atoms with Crippen LogP contribution in [0.1, 0.15) is 0 Å². The number of para-hydroxylation sites is 1. The van der Waals surface area contributed by atoms with Gasteiger partial charge >= 0.3 is 0 Å². The molecule has 0 aliphatic rings. The molecule has 1 aromatic carbocycles. The van der Waals surface area contributed by atoms with Gasteiger partial charge in [-0.3, -0.25) is 0 Å². The zero-order valence-corrected chi connectivity index (χ0v) is 9.51. The van der Waals surface area contributed by atoms with Gasteiger partial charge in [-0.15, -0.1) is 0 Å². The zero-order valence-electron chi connectivity index (χ0n) is 5.73. The molecule has 0 N–H and O–H groups in total. The maximum absolute atomic E-state index is 9.95. The molecule has 0 fully saturated rings. The van der Waals surface area contributed by atoms with E-state index in [-0.39, 0.29) is 19.5 Å². The summed E-state index contributed by atoms with van der Waals surface area (Å²) in [6.45, 7) is 0. The molecule has 1 unspecified atom stereocenters. The van der Waals surface area contributed by atoms with E-state index in [4.69, 9.17) is 0 Å². The van der Waals surface area contributed by atoms with Crippen LogP contribution < -0.4 is 4.18 Å². The molecule has 3 nitrogen and oxygen atoms in total. The molecule has 0 bridgehead atoms. The van der Waals surface area contributed by atoms with Crippen molar-refractivity contribution in [2.75, 3.05) is 0 Å². The summed E-state index contributed by atoms with van der Waals surface area (Å²) >= 11 is -2.47. The van der Waals surface area contributed by atoms with Crippen molar-refractivity contribution in [3.63, 3.8) is 0 Å². The van der Waals surface area contributed by atoms with Gasteiger partial charge in [0.2, 0.25) is 0 Å². The van der Waals surface area contributed by atoms with Crippen molar-refractivity contribution in [1.82, 2.24) is 0 Å². The van der Waals surface area contributed by atoms with Gasteiger partial charge in [0.25, 0.3) is 0 Å². The Morgan fingerprint density at radius 2 is 1.82 bits per heavy atom. The number of benzene rings is 1. The third-order valence-corrected chi connectivity index (χ3v) is 1.24. The third-order valence-electron chi connectivity index (χ3n) is 0.907. The minimum atomic E-state index is -2.47. The predicted octanol–water partition coefficient (Wildman–Crippen LogP) is 0.857. The molecule has 0 spiro atoms. The van der Waals surface area contributed by atoms with Crippen LogP contribution in [0.2, 0.25) is 0 Å². The van der Waals surface area contributed by atoms with Crippen LogP contribution in [0, 0.1) is 0 Å². The molecule has 0 aliphatic carbocycles. The van der Waals surface area contributed by atoms with Crippen molar-refractivity contribution in [3.8, 4) is 5.75 Å². The average Bonchev–Trinajstić information content (AvgIpc) is 1.88. The third kappa shape index (κ3) is 4.24. The van der Waals surface area contributed by atoms with Gasteiger partial charge in [0, 0.05) is 19.5 Å². The molecule has 11 heavy (non-hydrogen) atoms. The molecule has 0 heterocycles. The zero-order chi connectivity index (χ0) is 7.40. The van der Waals surface area contributed by atoms with E-state index >= 15 is 0 Å². The minimum Gasteiger partial charge on any atom is -0.740 e. The Morgan fingerprint density at radius 3 is 2.27 bits per heavy atom. The van der Waals surface area contributed by atoms with E-state index in [1.165, 1.54) is 0 Å². The van der Waals surface area contributed by atoms with Crippen molar-refractivity contribution in [2.24, 2.45) is 0 Å². The second kappa shape index (κ2) is 5.41. The van der Waals surface area contributed by atoms with E-state index in [2.05, 4.69) is 4.18 Å². The van der Waals surface area contributed by atoms with Crippen LogP contribution in [-0.4, -0.2) is 8.76 Å². The maximum atomic E-state index is 9.95. The molecule has 1 aromatic rings. The largest absolute Gasteiger partial charge is 0.740 e. The van der Waals surface area contributed by atoms with Crippen LogP contribution in [0.15, 0.2) is 30.3 Å². The Morgan fingerprint density at radius 1 is 1.27 bits per heavy atom. The number of rotatable bonds is 2. The van der Waals surface area contributed by atoms with Crippen LogP contribution in [0.5, 0.6) is 5.75 Å². The van der Waals surface area contributed by atoms with Gasteiger partial charge in [-0.1, -0.05) is 18.2 Å². The monoisotopic (exact) mass is 221 g/mol. The fourth-order valence-corrected chi connectivity index (χ4v) is 0.823. The van der Waals surface area contributed by atoms with E-state index in [9.17, 15) is 8.76 Å². The van der Waals surface area contributed by atoms with Gasteiger partial charge in [0.15, 0.2) is 0 Å². The van der Waals surface area contributed by atoms with Gasteiger partial charge in [-0.05, 0) is 12.1 Å². The van der Waals surface area contributed by atoms with Crippen LogP contribution in [0.4, 0.5) is 0 Å². The van der Waals surface area contributed by atoms with E-state index < -0.39 is 11.4 Å². The molecule has 56 valence electrons. The van der Waals surface area contributed by atoms with Gasteiger partial charge < -0.3 is 8.74 Å². The smallest absolute Gasteiger partial charge is 0.139 e. The Labute approximate surface area is 80.0 Å². The SMILES string of the molecule is O=S([O-])Oc1ccccc1.[Zn]. The summed E-state index contributed by atoms with van der Waals surface area (Å²) < 4.78 is 24.2. The predicted molar refractivity (Wildman–Crippen MR) is 36.0 cm³/mol. The standard InChI is InChI=1S/C6H6O3S.Zn/c7-10(8)9-6-4-2-1-3-5-6;/h1-5H,(H,7,8);/p-1. The molecular weight excluding hydrogens is 218 g/mol. The first-order valence-electron chi connectivity index (χ1n) is 2.61. The van der Waals surface area contributed by atoms with Crippen molar-refractivity contribution < 1.29 is 32.4 Å². The molecule has 0 aliphatic heterocycles. The summed E-state index contributed by atoms with van der Waals surface area (Å²) in [6, 6.07) is 8.30. The van der Waals surface area contributed by atoms with Gasteiger partial charge in [0.1, 0.15) is 17.1 Å². The molecule has 5 heteroatoms. The van der Waals surface area contributed by atoms with Crippen molar-refractivity contribution in [3.05, 3.63) is 30.3 Å². The normalized spacial score (nSPS) is 11.4. The molecule has 0 aromatic heterocycles. The van der Waals surface area contributed by atoms with Gasteiger partial charge in [-0.25, -0.2) is 4.21 Å². The first-order chi connectivity index (χ1) is 4.79. The molecule has 0 saturated carbocycles. The first kappa shape index (κ1) is 10.8. The quantitative estimate of drug-likeness (QED) is 0.551. The average molecular weight is 223 g/mol. The summed E-state index contributed by atoms with van der Waals surface area (Å²) in [7, 11) is 0. The summed E-state index contributed by atoms with van der Waals surface area (Å²) in [5.74, 6) is 0.329. The summed E-state index contributed by atoms with van der Waals surface area (Å²) in [5, 5.41) is 0. The molecule has 1 rings (SSSR count). The number of hydrogen-bond donors (Lipinski definition) is 0. The van der Waals surface area contributed by atoms with E-state index in [0.717, 1.165) is 0 Å². The Bertz CT molecular complexity index is 227. The Hall–Kier alpha value is -0.247. The van der Waals surface area contributed by atoms with Crippen molar-refractivity contribution >= 4 is 11.4 Å². The second-order valence-corrected chi connectivity index (χ2v) is 2.18. The minimum absolute atomic E-state index is 0. The maximum Gasteiger partial charge on any atom is 0.139 e. The molecule has 0 radical (unpaired) electrons. The topological polar surface area (TPSA) is 49.4 Å². The molecule has 0 saturated heterocycles. The number of hydrogen-bond acceptors (Lipinski definition) is 3. The van der Waals surface area contributed by atoms with Crippen LogP contribution in [0.3, 0.4) is 0 Å². The van der Waals surface area contributed by atoms with Crippen LogP contribution in [0.25, 0.3) is 0 Å². The fourth-order valence-electron chi connectivity index (χ4n) is 0.555. The second-order valence-electron chi connectivity index (χ2n) is 1.60. The van der Waals surface area contributed by atoms with E-state index in [0.29, 0.717) is 5.75 Å². The first-order valence-corrected chi connectivity index (χ1v) is 3.61. The van der Waals surface area contributed by atoms with Crippen LogP contribution >= 0.6 is 0 Å². The summed E-state index contributed by atoms with van der Waals surface area (Å²) in [5.41, 5.74) is 0. The molecular formula is C6H5O3SZn-. The van der Waals surface area contributed by atoms with Gasteiger partial charge in [0.05, 0.1) is 0 Å². The molecule has 1 atom stereocenters. The fraction of sp³-hybridized carbons (Fsp3) is 0. The van der Waals surface area contributed by atoms with Crippen molar-refractivity contribution in [2.45, 2.75) is 0 Å². The molecule has 0 amide bonds. The van der Waals surface area contributed by atoms with Crippen LogP contribution in [-0.2, 0) is 30.8 Å². The Kier molecular flexibility index (Phi) is 5.29. The van der Waals surface area contributed by atoms with E-state index in [1.807, 2.05) is 0 Å².